The van der Waals surface area contributed by atoms with E-state index in [0.29, 0.717) is 10.6 Å². The first-order chi connectivity index (χ1) is 13.7. The van der Waals surface area contributed by atoms with Crippen LogP contribution in [0, 0.1) is 34.0 Å². The van der Waals surface area contributed by atoms with E-state index < -0.39 is 23.2 Å². The predicted molar refractivity (Wildman–Crippen MR) is 106 cm³/mol. The van der Waals surface area contributed by atoms with Gasteiger partial charge in [0.15, 0.2) is 0 Å². The van der Waals surface area contributed by atoms with Crippen molar-refractivity contribution in [3.63, 3.8) is 0 Å². The number of rotatable bonds is 6. The third-order valence-electron chi connectivity index (χ3n) is 4.55. The van der Waals surface area contributed by atoms with Crippen molar-refractivity contribution in [1.29, 1.82) is 10.5 Å². The van der Waals surface area contributed by atoms with Gasteiger partial charge in [0.1, 0.15) is 5.92 Å². The van der Waals surface area contributed by atoms with Crippen LogP contribution in [0.1, 0.15) is 29.8 Å². The highest BCUT2D eigenvalue weighted by molar-refractivity contribution is 8.03. The van der Waals surface area contributed by atoms with Crippen molar-refractivity contribution >= 4 is 29.5 Å². The van der Waals surface area contributed by atoms with Crippen molar-refractivity contribution in [2.45, 2.75) is 20.4 Å². The van der Waals surface area contributed by atoms with Gasteiger partial charge in [-0.15, -0.1) is 0 Å². The number of carbonyl (C=O) groups excluding carboxylic acids is 3. The normalized spacial score (nSPS) is 17.6. The van der Waals surface area contributed by atoms with Crippen LogP contribution in [0.2, 0.25) is 0 Å². The molecule has 0 spiro atoms. The molecule has 29 heavy (non-hydrogen) atoms. The average molecular weight is 412 g/mol. The predicted octanol–water partition coefficient (Wildman–Crippen LogP) is 1.85. The minimum atomic E-state index is -0.969. The summed E-state index contributed by atoms with van der Waals surface area (Å²) in [6.07, 6.45) is 0. The number of allylic oxidation sites excluding steroid dienone is 1. The molecule has 1 aliphatic rings. The number of nitrogens with zero attached hydrogens (tertiary/aromatic N) is 2. The van der Waals surface area contributed by atoms with Gasteiger partial charge in [-0.3, -0.25) is 9.59 Å². The number of nitriles is 2. The molecule has 0 aliphatic carbocycles. The molecule has 0 fully saturated rings. The summed E-state index contributed by atoms with van der Waals surface area (Å²) in [6.45, 7) is 3.59. The van der Waals surface area contributed by atoms with Crippen molar-refractivity contribution in [2.75, 3.05) is 12.9 Å². The topological polar surface area (TPSA) is 132 Å². The lowest BCUT2D eigenvalue weighted by Gasteiger charge is -2.34. The molecular weight excluding hydrogens is 392 g/mol. The highest BCUT2D eigenvalue weighted by atomic mass is 32.2. The zero-order valence-corrected chi connectivity index (χ0v) is 17.1. The highest BCUT2D eigenvalue weighted by Gasteiger charge is 2.44. The fraction of sp³-hybridized carbons (Fsp3) is 0.350. The van der Waals surface area contributed by atoms with Crippen LogP contribution < -0.4 is 10.6 Å². The van der Waals surface area contributed by atoms with Crippen LogP contribution >= 0.6 is 11.8 Å². The summed E-state index contributed by atoms with van der Waals surface area (Å²) in [7, 11) is 1.30. The Bertz CT molecular complexity index is 939. The fourth-order valence-electron chi connectivity index (χ4n) is 2.80. The molecular formula is C20H20N4O4S. The second kappa shape index (κ2) is 9.26. The molecule has 9 heteroatoms. The smallest absolute Gasteiger partial charge is 0.337 e. The maximum atomic E-state index is 12.2. The first-order valence-electron chi connectivity index (χ1n) is 8.66. The molecule has 2 amide bonds. The van der Waals surface area contributed by atoms with E-state index in [9.17, 15) is 24.9 Å². The Kier molecular flexibility index (Phi) is 7.03. The Balaban J connectivity index is 1.97. The molecule has 0 unspecified atom stereocenters. The number of esters is 1. The average Bonchev–Trinajstić information content (AvgIpc) is 2.70. The van der Waals surface area contributed by atoms with Gasteiger partial charge in [-0.2, -0.15) is 10.5 Å². The molecule has 1 aliphatic heterocycles. The summed E-state index contributed by atoms with van der Waals surface area (Å²) < 4.78 is 4.63. The largest absolute Gasteiger partial charge is 0.465 e. The van der Waals surface area contributed by atoms with Crippen molar-refractivity contribution in [2.24, 2.45) is 11.3 Å². The minimum Gasteiger partial charge on any atom is -0.465 e. The number of thioether (sulfide) groups is 1. The maximum absolute atomic E-state index is 12.2. The Morgan fingerprint density at radius 2 is 1.93 bits per heavy atom. The maximum Gasteiger partial charge on any atom is 0.337 e. The van der Waals surface area contributed by atoms with Crippen molar-refractivity contribution < 1.29 is 19.1 Å². The summed E-state index contributed by atoms with van der Waals surface area (Å²) in [5.41, 5.74) is 0.559. The quantitative estimate of drug-likeness (QED) is 0.681. The summed E-state index contributed by atoms with van der Waals surface area (Å²) >= 11 is 1.04. The molecule has 0 saturated carbocycles. The molecule has 0 bridgehead atoms. The first kappa shape index (κ1) is 22.0. The second-order valence-electron chi connectivity index (χ2n) is 6.84. The molecule has 1 aromatic carbocycles. The van der Waals surface area contributed by atoms with Gasteiger partial charge in [-0.1, -0.05) is 37.7 Å². The fourth-order valence-corrected chi connectivity index (χ4v) is 3.80. The number of hydrogen-bond donors (Lipinski definition) is 2. The number of amides is 2. The van der Waals surface area contributed by atoms with Crippen LogP contribution in [0.5, 0.6) is 0 Å². The SMILES string of the molecule is COC(=O)c1ccc(CNC(=O)CSC2=C(C#N)C(C)(C)[C@H](C#N)C(=O)N2)cc1. The lowest BCUT2D eigenvalue weighted by Crippen LogP contribution is -2.44. The van der Waals surface area contributed by atoms with Crippen LogP contribution in [0.25, 0.3) is 0 Å². The number of carbonyl (C=O) groups is 3. The van der Waals surface area contributed by atoms with Crippen molar-refractivity contribution in [1.82, 2.24) is 10.6 Å². The van der Waals surface area contributed by atoms with Gasteiger partial charge >= 0.3 is 5.97 Å². The van der Waals surface area contributed by atoms with E-state index in [1.165, 1.54) is 7.11 Å². The van der Waals surface area contributed by atoms with Gasteiger partial charge in [-0.25, -0.2) is 4.79 Å². The van der Waals surface area contributed by atoms with Gasteiger partial charge < -0.3 is 15.4 Å². The third-order valence-corrected chi connectivity index (χ3v) is 5.55. The second-order valence-corrected chi connectivity index (χ2v) is 7.83. The zero-order chi connectivity index (χ0) is 21.6. The monoisotopic (exact) mass is 412 g/mol. The van der Waals surface area contributed by atoms with Gasteiger partial charge in [-0.05, 0) is 17.7 Å². The Morgan fingerprint density at radius 3 is 2.48 bits per heavy atom. The van der Waals surface area contributed by atoms with Crippen LogP contribution in [0.3, 0.4) is 0 Å². The Labute approximate surface area is 172 Å². The number of hydrogen-bond acceptors (Lipinski definition) is 7. The molecule has 0 radical (unpaired) electrons. The molecule has 1 atom stereocenters. The third kappa shape index (κ3) is 4.95. The summed E-state index contributed by atoms with van der Waals surface area (Å²) in [6, 6.07) is 10.6. The molecule has 8 nitrogen and oxygen atoms in total. The number of nitrogens with one attached hydrogen (secondary N) is 2. The molecule has 150 valence electrons. The summed E-state index contributed by atoms with van der Waals surface area (Å²) in [5, 5.41) is 24.3. The molecule has 1 heterocycles. The summed E-state index contributed by atoms with van der Waals surface area (Å²) in [5.74, 6) is -2.18. The number of benzene rings is 1. The molecule has 0 saturated heterocycles. The first-order valence-corrected chi connectivity index (χ1v) is 9.65. The molecule has 0 aromatic heterocycles. The molecule has 1 aromatic rings. The number of ether oxygens (including phenoxy) is 1. The van der Waals surface area contributed by atoms with Crippen molar-refractivity contribution in [3.05, 3.63) is 46.0 Å². The zero-order valence-electron chi connectivity index (χ0n) is 16.2. The van der Waals surface area contributed by atoms with Gasteiger partial charge in [0, 0.05) is 12.0 Å². The number of methoxy groups -OCH3 is 1. The van der Waals surface area contributed by atoms with E-state index in [1.54, 1.807) is 38.1 Å². The highest BCUT2D eigenvalue weighted by Crippen LogP contribution is 2.41. The van der Waals surface area contributed by atoms with Gasteiger partial charge in [0.2, 0.25) is 11.8 Å². The van der Waals surface area contributed by atoms with Crippen LogP contribution in [0.15, 0.2) is 34.9 Å². The van der Waals surface area contributed by atoms with E-state index in [4.69, 9.17) is 0 Å². The standard InChI is InChI=1S/C20H20N4O4S/c1-20(2)14(8-21)17(26)24-18(15(20)9-22)29-11-16(25)23-10-12-4-6-13(7-5-12)19(27)28-3/h4-7,14H,10-11H2,1-3H3,(H,23,25)(H,24,26)/t14-/m1/s1. The van der Waals surface area contributed by atoms with E-state index in [-0.39, 0.29) is 23.8 Å². The van der Waals surface area contributed by atoms with Crippen molar-refractivity contribution in [3.8, 4) is 12.1 Å². The lowest BCUT2D eigenvalue weighted by molar-refractivity contribution is -0.125. The van der Waals surface area contributed by atoms with E-state index >= 15 is 0 Å². The van der Waals surface area contributed by atoms with Gasteiger partial charge in [0.25, 0.3) is 0 Å². The van der Waals surface area contributed by atoms with Crippen LogP contribution in [-0.2, 0) is 20.9 Å². The summed E-state index contributed by atoms with van der Waals surface area (Å²) in [4.78, 5) is 35.7. The van der Waals surface area contributed by atoms with E-state index in [2.05, 4.69) is 21.4 Å². The molecule has 2 N–H and O–H groups in total. The Morgan fingerprint density at radius 1 is 1.28 bits per heavy atom. The van der Waals surface area contributed by atoms with Gasteiger partial charge in [0.05, 0.1) is 41.2 Å². The minimum absolute atomic E-state index is 0.00562. The van der Waals surface area contributed by atoms with E-state index in [1.807, 2.05) is 6.07 Å². The molecule has 2 rings (SSSR count). The lowest BCUT2D eigenvalue weighted by atomic mass is 9.72. The van der Waals surface area contributed by atoms with Crippen LogP contribution in [-0.4, -0.2) is 30.6 Å². The van der Waals surface area contributed by atoms with Crippen LogP contribution in [0.4, 0.5) is 0 Å². The Hall–Kier alpha value is -3.30. The van der Waals surface area contributed by atoms with E-state index in [0.717, 1.165) is 17.3 Å².